The second kappa shape index (κ2) is 8.33. The van der Waals surface area contributed by atoms with Gasteiger partial charge in [-0.05, 0) is 30.2 Å². The largest absolute Gasteiger partial charge is 0.366 e. The first-order valence-corrected chi connectivity index (χ1v) is 9.35. The highest BCUT2D eigenvalue weighted by Gasteiger charge is 2.27. The number of pyridine rings is 1. The molecule has 1 unspecified atom stereocenters. The highest BCUT2D eigenvalue weighted by Crippen LogP contribution is 2.16. The zero-order valence-electron chi connectivity index (χ0n) is 15.8. The number of carbonyl (C=O) groups is 1. The molecule has 3 aromatic rings. The van der Waals surface area contributed by atoms with E-state index in [9.17, 15) is 4.79 Å². The fourth-order valence-electron chi connectivity index (χ4n) is 3.27. The van der Waals surface area contributed by atoms with E-state index in [-0.39, 0.29) is 5.91 Å². The molecule has 3 heterocycles. The SMILES string of the molecule is Cc1ccnc(-n2nccc2NC(=O)C2CN(Cc3ccccc3)CCO2)c1. The van der Waals surface area contributed by atoms with Crippen LogP contribution in [0, 0.1) is 6.92 Å². The predicted molar refractivity (Wildman–Crippen MR) is 106 cm³/mol. The van der Waals surface area contributed by atoms with Crippen LogP contribution in [0.25, 0.3) is 5.82 Å². The average molecular weight is 377 g/mol. The van der Waals surface area contributed by atoms with Gasteiger partial charge in [0.2, 0.25) is 0 Å². The van der Waals surface area contributed by atoms with E-state index in [1.165, 1.54) is 5.56 Å². The summed E-state index contributed by atoms with van der Waals surface area (Å²) < 4.78 is 7.34. The van der Waals surface area contributed by atoms with Crippen molar-refractivity contribution in [3.63, 3.8) is 0 Å². The number of nitrogens with zero attached hydrogens (tertiary/aromatic N) is 4. The maximum Gasteiger partial charge on any atom is 0.255 e. The molecule has 7 nitrogen and oxygen atoms in total. The van der Waals surface area contributed by atoms with Crippen LogP contribution in [0.1, 0.15) is 11.1 Å². The molecule has 2 aromatic heterocycles. The molecule has 1 N–H and O–H groups in total. The number of amides is 1. The Balaban J connectivity index is 1.42. The van der Waals surface area contributed by atoms with Crippen LogP contribution in [0.15, 0.2) is 60.9 Å². The Hall–Kier alpha value is -3.03. The smallest absolute Gasteiger partial charge is 0.255 e. The third-order valence-electron chi connectivity index (χ3n) is 4.70. The lowest BCUT2D eigenvalue weighted by Crippen LogP contribution is -2.47. The van der Waals surface area contributed by atoms with Crippen molar-refractivity contribution in [1.82, 2.24) is 19.7 Å². The van der Waals surface area contributed by atoms with E-state index in [0.717, 1.165) is 18.7 Å². The Kier molecular flexibility index (Phi) is 5.45. The van der Waals surface area contributed by atoms with Gasteiger partial charge < -0.3 is 10.1 Å². The highest BCUT2D eigenvalue weighted by molar-refractivity contribution is 5.93. The number of rotatable bonds is 5. The number of aryl methyl sites for hydroxylation is 1. The summed E-state index contributed by atoms with van der Waals surface area (Å²) in [5.74, 6) is 1.06. The van der Waals surface area contributed by atoms with Gasteiger partial charge in [-0.1, -0.05) is 30.3 Å². The Morgan fingerprint density at radius 1 is 1.21 bits per heavy atom. The first-order chi connectivity index (χ1) is 13.7. The molecule has 1 fully saturated rings. The van der Waals surface area contributed by atoms with Crippen molar-refractivity contribution in [3.8, 4) is 5.82 Å². The molecule has 1 aliphatic heterocycles. The second-order valence-corrected chi connectivity index (χ2v) is 6.89. The number of hydrogen-bond donors (Lipinski definition) is 1. The molecule has 144 valence electrons. The van der Waals surface area contributed by atoms with Crippen LogP contribution >= 0.6 is 0 Å². The fourth-order valence-corrected chi connectivity index (χ4v) is 3.27. The number of morpholine rings is 1. The van der Waals surface area contributed by atoms with Gasteiger partial charge in [0.25, 0.3) is 5.91 Å². The van der Waals surface area contributed by atoms with E-state index in [1.54, 1.807) is 23.1 Å². The van der Waals surface area contributed by atoms with Gasteiger partial charge >= 0.3 is 0 Å². The van der Waals surface area contributed by atoms with Crippen molar-refractivity contribution in [2.24, 2.45) is 0 Å². The Morgan fingerprint density at radius 3 is 2.89 bits per heavy atom. The summed E-state index contributed by atoms with van der Waals surface area (Å²) in [6.45, 7) is 4.69. The van der Waals surface area contributed by atoms with Crippen LogP contribution in [0.4, 0.5) is 5.82 Å². The fraction of sp³-hybridized carbons (Fsp3) is 0.286. The first kappa shape index (κ1) is 18.3. The van der Waals surface area contributed by atoms with Crippen molar-refractivity contribution in [2.45, 2.75) is 19.6 Å². The molecule has 0 radical (unpaired) electrons. The minimum absolute atomic E-state index is 0.174. The standard InChI is InChI=1S/C21H23N5O2/c1-16-7-9-22-20(13-16)26-19(8-10-23-26)24-21(27)18-15-25(11-12-28-18)14-17-5-3-2-4-6-17/h2-10,13,18H,11-12,14-15H2,1H3,(H,24,27). The minimum Gasteiger partial charge on any atom is -0.366 e. The van der Waals surface area contributed by atoms with Crippen LogP contribution in [0.2, 0.25) is 0 Å². The normalized spacial score (nSPS) is 17.4. The quantitative estimate of drug-likeness (QED) is 0.739. The predicted octanol–water partition coefficient (Wildman–Crippen LogP) is 2.42. The molecule has 0 bridgehead atoms. The molecule has 1 aliphatic rings. The number of benzene rings is 1. The third-order valence-corrected chi connectivity index (χ3v) is 4.70. The zero-order chi connectivity index (χ0) is 19.3. The topological polar surface area (TPSA) is 72.3 Å². The maximum absolute atomic E-state index is 12.8. The molecule has 28 heavy (non-hydrogen) atoms. The summed E-state index contributed by atoms with van der Waals surface area (Å²) in [6.07, 6.45) is 2.85. The molecule has 0 saturated carbocycles. The van der Waals surface area contributed by atoms with E-state index in [0.29, 0.717) is 24.8 Å². The number of ether oxygens (including phenoxy) is 1. The van der Waals surface area contributed by atoms with Crippen LogP contribution in [0.5, 0.6) is 0 Å². The van der Waals surface area contributed by atoms with Gasteiger partial charge in [0.05, 0.1) is 12.8 Å². The summed E-state index contributed by atoms with van der Waals surface area (Å²) in [5.41, 5.74) is 2.30. The summed E-state index contributed by atoms with van der Waals surface area (Å²) >= 11 is 0. The van der Waals surface area contributed by atoms with Crippen molar-refractivity contribution in [1.29, 1.82) is 0 Å². The summed E-state index contributed by atoms with van der Waals surface area (Å²) in [7, 11) is 0. The molecule has 1 aromatic carbocycles. The van der Waals surface area contributed by atoms with E-state index in [1.807, 2.05) is 37.3 Å². The number of anilines is 1. The van der Waals surface area contributed by atoms with Crippen LogP contribution in [-0.4, -0.2) is 51.4 Å². The van der Waals surface area contributed by atoms with Gasteiger partial charge in [0.1, 0.15) is 11.9 Å². The second-order valence-electron chi connectivity index (χ2n) is 6.89. The molecule has 7 heteroatoms. The number of hydrogen-bond acceptors (Lipinski definition) is 5. The lowest BCUT2D eigenvalue weighted by atomic mass is 10.2. The monoisotopic (exact) mass is 377 g/mol. The number of aromatic nitrogens is 3. The van der Waals surface area contributed by atoms with Gasteiger partial charge in [-0.15, -0.1) is 0 Å². The van der Waals surface area contributed by atoms with E-state index >= 15 is 0 Å². The van der Waals surface area contributed by atoms with Crippen LogP contribution in [-0.2, 0) is 16.1 Å². The summed E-state index contributed by atoms with van der Waals surface area (Å²) in [4.78, 5) is 19.4. The van der Waals surface area contributed by atoms with Crippen molar-refractivity contribution < 1.29 is 9.53 Å². The van der Waals surface area contributed by atoms with Crippen LogP contribution in [0.3, 0.4) is 0 Å². The van der Waals surface area contributed by atoms with Gasteiger partial charge in [0, 0.05) is 31.9 Å². The Labute approximate surface area is 164 Å². The lowest BCUT2D eigenvalue weighted by molar-refractivity contribution is -0.133. The van der Waals surface area contributed by atoms with Crippen LogP contribution < -0.4 is 5.32 Å². The third kappa shape index (κ3) is 4.27. The molecular formula is C21H23N5O2. The maximum atomic E-state index is 12.8. The highest BCUT2D eigenvalue weighted by atomic mass is 16.5. The van der Waals surface area contributed by atoms with Gasteiger partial charge in [-0.2, -0.15) is 9.78 Å². The number of carbonyl (C=O) groups excluding carboxylic acids is 1. The van der Waals surface area contributed by atoms with Gasteiger partial charge in [-0.25, -0.2) is 4.98 Å². The van der Waals surface area contributed by atoms with Crippen molar-refractivity contribution in [2.75, 3.05) is 25.0 Å². The summed E-state index contributed by atoms with van der Waals surface area (Å²) in [6, 6.07) is 15.8. The van der Waals surface area contributed by atoms with E-state index in [2.05, 4.69) is 32.4 Å². The Morgan fingerprint density at radius 2 is 2.07 bits per heavy atom. The van der Waals surface area contributed by atoms with Gasteiger partial charge in [-0.3, -0.25) is 9.69 Å². The number of nitrogens with one attached hydrogen (secondary N) is 1. The summed E-state index contributed by atoms with van der Waals surface area (Å²) in [5, 5.41) is 7.22. The molecule has 1 amide bonds. The first-order valence-electron chi connectivity index (χ1n) is 9.35. The Bertz CT molecular complexity index is 941. The van der Waals surface area contributed by atoms with Gasteiger partial charge in [0.15, 0.2) is 5.82 Å². The molecule has 0 aliphatic carbocycles. The van der Waals surface area contributed by atoms with Crippen molar-refractivity contribution in [3.05, 3.63) is 72.1 Å². The molecular weight excluding hydrogens is 354 g/mol. The average Bonchev–Trinajstić information content (AvgIpc) is 3.17. The van der Waals surface area contributed by atoms with E-state index < -0.39 is 6.10 Å². The molecule has 1 saturated heterocycles. The van der Waals surface area contributed by atoms with E-state index in [4.69, 9.17) is 4.74 Å². The molecule has 0 spiro atoms. The lowest BCUT2D eigenvalue weighted by Gasteiger charge is -2.32. The minimum atomic E-state index is -0.522. The van der Waals surface area contributed by atoms with Crippen molar-refractivity contribution >= 4 is 11.7 Å². The zero-order valence-corrected chi connectivity index (χ0v) is 15.8. The molecule has 4 rings (SSSR count). The molecule has 1 atom stereocenters.